The first kappa shape index (κ1) is 17.0. The lowest BCUT2D eigenvalue weighted by Gasteiger charge is -2.20. The second kappa shape index (κ2) is 7.24. The SMILES string of the molecule is CC[NH+]1CCC[C@H]1CNC(=O)c1ccc(CS(C)(=O)=O)cc1. The third-order valence-corrected chi connectivity index (χ3v) is 5.09. The number of amides is 1. The van der Waals surface area contributed by atoms with E-state index >= 15 is 0 Å². The number of nitrogens with one attached hydrogen (secondary N) is 2. The van der Waals surface area contributed by atoms with Crippen molar-refractivity contribution in [3.8, 4) is 0 Å². The average molecular weight is 325 g/mol. The second-order valence-electron chi connectivity index (χ2n) is 6.08. The van der Waals surface area contributed by atoms with Crippen molar-refractivity contribution in [3.63, 3.8) is 0 Å². The van der Waals surface area contributed by atoms with Crippen LogP contribution in [0.25, 0.3) is 0 Å². The zero-order valence-electron chi connectivity index (χ0n) is 13.3. The number of likely N-dealkylation sites (tertiary alicyclic amines) is 1. The maximum absolute atomic E-state index is 12.2. The summed E-state index contributed by atoms with van der Waals surface area (Å²) >= 11 is 0. The lowest BCUT2D eigenvalue weighted by atomic mass is 10.1. The highest BCUT2D eigenvalue weighted by Gasteiger charge is 2.27. The van der Waals surface area contributed by atoms with E-state index in [9.17, 15) is 13.2 Å². The number of benzene rings is 1. The molecule has 1 aromatic rings. The predicted molar refractivity (Wildman–Crippen MR) is 86.7 cm³/mol. The smallest absolute Gasteiger partial charge is 0.251 e. The Hall–Kier alpha value is -1.40. The van der Waals surface area contributed by atoms with E-state index in [-0.39, 0.29) is 11.7 Å². The van der Waals surface area contributed by atoms with Crippen LogP contribution in [-0.4, -0.2) is 46.3 Å². The van der Waals surface area contributed by atoms with Crippen LogP contribution in [0.5, 0.6) is 0 Å². The Kier molecular flexibility index (Phi) is 5.58. The minimum Gasteiger partial charge on any atom is -0.346 e. The molecule has 122 valence electrons. The summed E-state index contributed by atoms with van der Waals surface area (Å²) in [5.41, 5.74) is 1.28. The molecule has 2 rings (SSSR count). The molecule has 1 fully saturated rings. The van der Waals surface area contributed by atoms with E-state index in [0.29, 0.717) is 23.7 Å². The number of hydrogen-bond acceptors (Lipinski definition) is 3. The highest BCUT2D eigenvalue weighted by Crippen LogP contribution is 2.08. The molecule has 0 saturated carbocycles. The molecule has 5 nitrogen and oxygen atoms in total. The van der Waals surface area contributed by atoms with Crippen molar-refractivity contribution in [1.29, 1.82) is 0 Å². The van der Waals surface area contributed by atoms with Gasteiger partial charge in [0, 0.05) is 24.7 Å². The molecule has 0 aliphatic carbocycles. The van der Waals surface area contributed by atoms with E-state index in [4.69, 9.17) is 0 Å². The molecule has 6 heteroatoms. The zero-order valence-corrected chi connectivity index (χ0v) is 14.1. The van der Waals surface area contributed by atoms with Crippen LogP contribution >= 0.6 is 0 Å². The Morgan fingerprint density at radius 3 is 2.59 bits per heavy atom. The topological polar surface area (TPSA) is 67.7 Å². The molecule has 1 amide bonds. The van der Waals surface area contributed by atoms with Gasteiger partial charge in [0.2, 0.25) is 0 Å². The van der Waals surface area contributed by atoms with Gasteiger partial charge in [0.25, 0.3) is 5.91 Å². The zero-order chi connectivity index (χ0) is 16.2. The van der Waals surface area contributed by atoms with Gasteiger partial charge in [0.05, 0.1) is 25.4 Å². The van der Waals surface area contributed by atoms with Crippen molar-refractivity contribution in [3.05, 3.63) is 35.4 Å². The maximum Gasteiger partial charge on any atom is 0.251 e. The molecule has 1 aliphatic heterocycles. The number of carbonyl (C=O) groups excluding carboxylic acids is 1. The fraction of sp³-hybridized carbons (Fsp3) is 0.562. The number of sulfone groups is 1. The van der Waals surface area contributed by atoms with Crippen molar-refractivity contribution < 1.29 is 18.1 Å². The molecule has 2 atom stereocenters. The third-order valence-electron chi connectivity index (χ3n) is 4.24. The van der Waals surface area contributed by atoms with Crippen LogP contribution in [0, 0.1) is 0 Å². The predicted octanol–water partition coefficient (Wildman–Crippen LogP) is 0.0282. The van der Waals surface area contributed by atoms with Crippen LogP contribution in [0.2, 0.25) is 0 Å². The average Bonchev–Trinajstić information content (AvgIpc) is 2.91. The van der Waals surface area contributed by atoms with Crippen molar-refractivity contribution in [2.24, 2.45) is 0 Å². The van der Waals surface area contributed by atoms with Gasteiger partial charge < -0.3 is 10.2 Å². The summed E-state index contributed by atoms with van der Waals surface area (Å²) in [4.78, 5) is 13.7. The molecule has 1 aliphatic rings. The van der Waals surface area contributed by atoms with Crippen LogP contribution in [0.15, 0.2) is 24.3 Å². The van der Waals surface area contributed by atoms with Crippen molar-refractivity contribution >= 4 is 15.7 Å². The van der Waals surface area contributed by atoms with E-state index in [1.165, 1.54) is 19.2 Å². The monoisotopic (exact) mass is 325 g/mol. The highest BCUT2D eigenvalue weighted by atomic mass is 32.2. The van der Waals surface area contributed by atoms with Gasteiger partial charge >= 0.3 is 0 Å². The van der Waals surface area contributed by atoms with E-state index in [1.54, 1.807) is 29.2 Å². The van der Waals surface area contributed by atoms with Crippen LogP contribution in [0.3, 0.4) is 0 Å². The lowest BCUT2D eigenvalue weighted by Crippen LogP contribution is -3.14. The molecule has 0 radical (unpaired) electrons. The summed E-state index contributed by atoms with van der Waals surface area (Å²) < 4.78 is 22.5. The summed E-state index contributed by atoms with van der Waals surface area (Å²) in [7, 11) is -3.04. The summed E-state index contributed by atoms with van der Waals surface area (Å²) in [6, 6.07) is 7.30. The quantitative estimate of drug-likeness (QED) is 0.775. The van der Waals surface area contributed by atoms with Gasteiger partial charge in [0.1, 0.15) is 6.04 Å². The highest BCUT2D eigenvalue weighted by molar-refractivity contribution is 7.89. The standard InChI is InChI=1S/C16H24N2O3S/c1-3-18-10-4-5-15(18)11-17-16(19)14-8-6-13(7-9-14)12-22(2,20)21/h6-9,15H,3-5,10-12H2,1-2H3,(H,17,19)/p+1/t15-/m0/s1. The Balaban J connectivity index is 1.90. The normalized spacial score (nSPS) is 21.7. The summed E-state index contributed by atoms with van der Waals surface area (Å²) in [6.07, 6.45) is 3.59. The molecule has 0 spiro atoms. The van der Waals surface area contributed by atoms with Gasteiger partial charge in [-0.25, -0.2) is 8.42 Å². The van der Waals surface area contributed by atoms with Crippen molar-refractivity contribution in [1.82, 2.24) is 5.32 Å². The van der Waals surface area contributed by atoms with Crippen molar-refractivity contribution in [2.45, 2.75) is 31.6 Å². The minimum absolute atomic E-state index is 0.00575. The molecule has 0 aromatic heterocycles. The van der Waals surface area contributed by atoms with Gasteiger partial charge in [-0.15, -0.1) is 0 Å². The fourth-order valence-electron chi connectivity index (χ4n) is 3.07. The van der Waals surface area contributed by atoms with E-state index in [0.717, 1.165) is 13.0 Å². The first-order valence-electron chi connectivity index (χ1n) is 7.78. The number of hydrogen-bond donors (Lipinski definition) is 2. The van der Waals surface area contributed by atoms with Crippen LogP contribution < -0.4 is 10.2 Å². The van der Waals surface area contributed by atoms with Crippen LogP contribution in [0.4, 0.5) is 0 Å². The molecule has 22 heavy (non-hydrogen) atoms. The van der Waals surface area contributed by atoms with E-state index in [1.807, 2.05) is 0 Å². The molecule has 0 bridgehead atoms. The fourth-order valence-corrected chi connectivity index (χ4v) is 3.87. The van der Waals surface area contributed by atoms with Gasteiger partial charge in [-0.05, 0) is 24.6 Å². The van der Waals surface area contributed by atoms with E-state index in [2.05, 4.69) is 12.2 Å². The van der Waals surface area contributed by atoms with Crippen molar-refractivity contribution in [2.75, 3.05) is 25.9 Å². The molecule has 1 saturated heterocycles. The first-order chi connectivity index (χ1) is 10.4. The summed E-state index contributed by atoms with van der Waals surface area (Å²) in [5.74, 6) is -0.0838. The molecule has 2 N–H and O–H groups in total. The molecular formula is C16H25N2O3S+. The Morgan fingerprint density at radius 1 is 1.32 bits per heavy atom. The Morgan fingerprint density at radius 2 is 2.00 bits per heavy atom. The van der Waals surface area contributed by atoms with E-state index < -0.39 is 9.84 Å². The number of likely N-dealkylation sites (N-methyl/N-ethyl adjacent to an activating group) is 1. The molecule has 1 unspecified atom stereocenters. The number of carbonyl (C=O) groups is 1. The summed E-state index contributed by atoms with van der Waals surface area (Å²) in [6.45, 7) is 5.17. The summed E-state index contributed by atoms with van der Waals surface area (Å²) in [5, 5.41) is 2.99. The Labute approximate surface area is 132 Å². The third kappa shape index (κ3) is 4.81. The minimum atomic E-state index is -3.04. The van der Waals surface area contributed by atoms with Gasteiger partial charge in [-0.1, -0.05) is 12.1 Å². The largest absolute Gasteiger partial charge is 0.346 e. The molecular weight excluding hydrogens is 300 g/mol. The maximum atomic E-state index is 12.2. The Bertz CT molecular complexity index is 611. The van der Waals surface area contributed by atoms with Crippen LogP contribution in [-0.2, 0) is 15.6 Å². The van der Waals surface area contributed by atoms with Crippen LogP contribution in [0.1, 0.15) is 35.7 Å². The number of quaternary nitrogens is 1. The number of rotatable bonds is 6. The first-order valence-corrected chi connectivity index (χ1v) is 9.84. The molecule has 1 heterocycles. The lowest BCUT2D eigenvalue weighted by molar-refractivity contribution is -0.909. The van der Waals surface area contributed by atoms with Gasteiger partial charge in [0.15, 0.2) is 9.84 Å². The molecule has 1 aromatic carbocycles. The second-order valence-corrected chi connectivity index (χ2v) is 8.22. The van der Waals surface area contributed by atoms with Gasteiger partial charge in [-0.2, -0.15) is 0 Å². The van der Waals surface area contributed by atoms with Gasteiger partial charge in [-0.3, -0.25) is 4.79 Å².